The molecule has 0 radical (unpaired) electrons. The summed E-state index contributed by atoms with van der Waals surface area (Å²) in [6.45, 7) is 0. The number of para-hydroxylation sites is 3. The summed E-state index contributed by atoms with van der Waals surface area (Å²) >= 11 is 0. The minimum absolute atomic E-state index is 0.199. The summed E-state index contributed by atoms with van der Waals surface area (Å²) in [5, 5.41) is 2.52. The summed E-state index contributed by atoms with van der Waals surface area (Å²) in [6, 6.07) is 82.3. The lowest BCUT2D eigenvalue weighted by molar-refractivity contribution is 0.859. The molecule has 68 heavy (non-hydrogen) atoms. The van der Waals surface area contributed by atoms with Crippen LogP contribution < -0.4 is 4.90 Å². The molecule has 0 bridgehead atoms. The van der Waals surface area contributed by atoms with Crippen LogP contribution >= 0.6 is 0 Å². The number of hydrogen-bond acceptors (Lipinski definition) is 1. The van der Waals surface area contributed by atoms with E-state index >= 15 is 0 Å². The molecule has 12 rings (SSSR count). The number of hydrogen-bond donors (Lipinski definition) is 0. The molecular weight excluding hydrogens is 821 g/mol. The van der Waals surface area contributed by atoms with Gasteiger partial charge in [-0.3, -0.25) is 0 Å². The van der Waals surface area contributed by atoms with E-state index in [9.17, 15) is 0 Å². The fraction of sp³-hybridized carbons (Fsp3) is 0.0606. The first-order valence-corrected chi connectivity index (χ1v) is 23.9. The number of fused-ring (bicyclic) bond motifs is 3. The largest absolute Gasteiger partial charge is 0.310 e. The summed E-state index contributed by atoms with van der Waals surface area (Å²) in [5.74, 6) is 0.199. The van der Waals surface area contributed by atoms with Crippen LogP contribution in [0.2, 0.25) is 0 Å². The van der Waals surface area contributed by atoms with E-state index in [-0.39, 0.29) is 5.92 Å². The summed E-state index contributed by atoms with van der Waals surface area (Å²) < 4.78 is 2.46. The Labute approximate surface area is 399 Å². The average molecular weight is 871 g/mol. The molecule has 0 saturated heterocycles. The number of aromatic nitrogens is 1. The van der Waals surface area contributed by atoms with Gasteiger partial charge in [-0.1, -0.05) is 188 Å². The van der Waals surface area contributed by atoms with Crippen molar-refractivity contribution >= 4 is 50.0 Å². The van der Waals surface area contributed by atoms with Crippen molar-refractivity contribution in [3.8, 4) is 39.1 Å². The van der Waals surface area contributed by atoms with Gasteiger partial charge in [0.2, 0.25) is 0 Å². The quantitative estimate of drug-likeness (QED) is 0.133. The molecule has 324 valence electrons. The molecule has 0 N–H and O–H groups in total. The molecule has 0 saturated carbocycles. The van der Waals surface area contributed by atoms with E-state index < -0.39 is 0 Å². The van der Waals surface area contributed by atoms with E-state index in [1.165, 1.54) is 83.0 Å². The van der Waals surface area contributed by atoms with Gasteiger partial charge in [-0.05, 0) is 148 Å². The van der Waals surface area contributed by atoms with Crippen LogP contribution in [-0.2, 0) is 0 Å². The molecule has 1 atom stereocenters. The highest BCUT2D eigenvalue weighted by Crippen LogP contribution is 2.45. The van der Waals surface area contributed by atoms with Crippen LogP contribution in [0.1, 0.15) is 41.9 Å². The second-order valence-corrected chi connectivity index (χ2v) is 18.0. The highest BCUT2D eigenvalue weighted by molar-refractivity contribution is 6.10. The maximum atomic E-state index is 2.50. The highest BCUT2D eigenvalue weighted by atomic mass is 15.1. The zero-order valence-corrected chi connectivity index (χ0v) is 37.9. The topological polar surface area (TPSA) is 8.17 Å². The molecule has 0 fully saturated rings. The predicted octanol–water partition coefficient (Wildman–Crippen LogP) is 18.1. The van der Waals surface area contributed by atoms with Crippen molar-refractivity contribution in [2.75, 3.05) is 4.90 Å². The molecule has 0 aliphatic heterocycles. The highest BCUT2D eigenvalue weighted by Gasteiger charge is 2.23. The lowest BCUT2D eigenvalue weighted by Gasteiger charge is -2.30. The van der Waals surface area contributed by atoms with Gasteiger partial charge in [-0.2, -0.15) is 0 Å². The van der Waals surface area contributed by atoms with E-state index in [0.717, 1.165) is 42.0 Å². The molecule has 1 unspecified atom stereocenters. The van der Waals surface area contributed by atoms with Crippen molar-refractivity contribution in [3.63, 3.8) is 0 Å². The van der Waals surface area contributed by atoms with E-state index in [1.807, 2.05) is 0 Å². The van der Waals surface area contributed by atoms with Crippen LogP contribution in [0.15, 0.2) is 261 Å². The van der Waals surface area contributed by atoms with Gasteiger partial charge in [0.25, 0.3) is 0 Å². The second-order valence-electron chi connectivity index (χ2n) is 18.0. The van der Waals surface area contributed by atoms with E-state index in [2.05, 4.69) is 270 Å². The SMILES string of the molecule is C1=CCCC(c2cc(-c3ccccc3)cc(N(c3ccccc3)c3ccccc3C3=CC(c4ccc5c(c4)c4ccccc4n5-c4cc(-c5ccccc5)cc(-c5ccccc5)c4)CC=C3)c2)=C1. The Kier molecular flexibility index (Phi) is 10.9. The molecule has 2 aliphatic rings. The van der Waals surface area contributed by atoms with Gasteiger partial charge in [0.05, 0.1) is 16.7 Å². The van der Waals surface area contributed by atoms with Crippen LogP contribution in [0, 0.1) is 0 Å². The minimum atomic E-state index is 0.199. The van der Waals surface area contributed by atoms with Gasteiger partial charge in [-0.25, -0.2) is 0 Å². The Balaban J connectivity index is 0.967. The molecule has 0 spiro atoms. The third-order valence-corrected chi connectivity index (χ3v) is 13.7. The van der Waals surface area contributed by atoms with Crippen LogP contribution in [0.4, 0.5) is 17.1 Å². The standard InChI is InChI=1S/C66H50N2/c1-6-21-47(22-7-1)54-40-55(48-23-8-2-9-24-48)43-59(42-54)67(58-31-14-5-15-32-58)64-35-18-16-33-61(64)53-30-20-29-51(39-53)52-37-38-66-63(46-52)62-34-17-19-36-65(62)68(66)60-44-56(49-25-10-3-11-26-49)41-57(45-60)50-27-12-4-13-28-50/h1-8,10-23,25-28,30-46,51H,9,24,29H2. The van der Waals surface area contributed by atoms with Gasteiger partial charge in [0, 0.05) is 39.3 Å². The Bertz CT molecular complexity index is 3520. The molecule has 2 heteroatoms. The van der Waals surface area contributed by atoms with Crippen molar-refractivity contribution in [1.29, 1.82) is 0 Å². The van der Waals surface area contributed by atoms with Gasteiger partial charge >= 0.3 is 0 Å². The normalized spacial score (nSPS) is 14.5. The van der Waals surface area contributed by atoms with E-state index in [0.29, 0.717) is 0 Å². The molecular formula is C66H50N2. The molecule has 2 aliphatic carbocycles. The molecule has 0 amide bonds. The average Bonchev–Trinajstić information content (AvgIpc) is 3.76. The summed E-state index contributed by atoms with van der Waals surface area (Å²) in [5.41, 5.74) is 20.6. The van der Waals surface area contributed by atoms with Crippen LogP contribution in [0.5, 0.6) is 0 Å². The molecule has 9 aromatic carbocycles. The number of nitrogens with zero attached hydrogens (tertiary/aromatic N) is 2. The maximum absolute atomic E-state index is 2.50. The van der Waals surface area contributed by atoms with Crippen LogP contribution in [-0.4, -0.2) is 4.57 Å². The van der Waals surface area contributed by atoms with Crippen LogP contribution in [0.3, 0.4) is 0 Å². The zero-order chi connectivity index (χ0) is 45.2. The molecule has 2 nitrogen and oxygen atoms in total. The lowest BCUT2D eigenvalue weighted by Crippen LogP contribution is -2.13. The number of anilines is 3. The van der Waals surface area contributed by atoms with Crippen molar-refractivity contribution in [2.24, 2.45) is 0 Å². The number of allylic oxidation sites excluding steroid dienone is 8. The summed E-state index contributed by atoms with van der Waals surface area (Å²) in [4.78, 5) is 2.46. The predicted molar refractivity (Wildman–Crippen MR) is 289 cm³/mol. The molecule has 1 heterocycles. The fourth-order valence-electron chi connectivity index (χ4n) is 10.4. The van der Waals surface area contributed by atoms with Crippen molar-refractivity contribution in [1.82, 2.24) is 4.57 Å². The van der Waals surface area contributed by atoms with Gasteiger partial charge in [-0.15, -0.1) is 0 Å². The number of rotatable bonds is 10. The van der Waals surface area contributed by atoms with Gasteiger partial charge < -0.3 is 9.47 Å². The first-order valence-electron chi connectivity index (χ1n) is 23.9. The third-order valence-electron chi connectivity index (χ3n) is 13.7. The number of benzene rings is 9. The Morgan fingerprint density at radius 2 is 1.03 bits per heavy atom. The first-order chi connectivity index (χ1) is 33.7. The maximum Gasteiger partial charge on any atom is 0.0541 e. The first kappa shape index (κ1) is 41.0. The van der Waals surface area contributed by atoms with Crippen molar-refractivity contribution < 1.29 is 0 Å². The Morgan fingerprint density at radius 3 is 1.72 bits per heavy atom. The minimum Gasteiger partial charge on any atom is -0.310 e. The smallest absolute Gasteiger partial charge is 0.0541 e. The van der Waals surface area contributed by atoms with Crippen molar-refractivity contribution in [2.45, 2.75) is 25.2 Å². The van der Waals surface area contributed by atoms with Gasteiger partial charge in [0.15, 0.2) is 0 Å². The molecule has 1 aromatic heterocycles. The summed E-state index contributed by atoms with van der Waals surface area (Å²) in [7, 11) is 0. The lowest BCUT2D eigenvalue weighted by atomic mass is 9.86. The Hall–Kier alpha value is -8.46. The van der Waals surface area contributed by atoms with Crippen LogP contribution in [0.25, 0.3) is 72.0 Å². The Morgan fingerprint density at radius 1 is 0.441 bits per heavy atom. The summed E-state index contributed by atoms with van der Waals surface area (Å²) in [6.07, 6.45) is 17.0. The fourth-order valence-corrected chi connectivity index (χ4v) is 10.4. The second kappa shape index (κ2) is 18.1. The van der Waals surface area contributed by atoms with Crippen molar-refractivity contribution in [3.05, 3.63) is 278 Å². The monoisotopic (exact) mass is 870 g/mol. The van der Waals surface area contributed by atoms with Gasteiger partial charge in [0.1, 0.15) is 0 Å². The third kappa shape index (κ3) is 7.91. The van der Waals surface area contributed by atoms with E-state index in [1.54, 1.807) is 0 Å². The zero-order valence-electron chi connectivity index (χ0n) is 37.9. The van der Waals surface area contributed by atoms with E-state index in [4.69, 9.17) is 0 Å². The molecule has 10 aromatic rings.